The van der Waals surface area contributed by atoms with E-state index in [1.54, 1.807) is 0 Å². The lowest BCUT2D eigenvalue weighted by Crippen LogP contribution is -2.30. The van der Waals surface area contributed by atoms with E-state index in [-0.39, 0.29) is 12.0 Å². The first-order chi connectivity index (χ1) is 6.66. The van der Waals surface area contributed by atoms with Crippen molar-refractivity contribution in [3.63, 3.8) is 0 Å². The Kier molecular flexibility index (Phi) is 2.88. The van der Waals surface area contributed by atoms with Crippen molar-refractivity contribution < 1.29 is 9.90 Å². The van der Waals surface area contributed by atoms with Gasteiger partial charge >= 0.3 is 0 Å². The summed E-state index contributed by atoms with van der Waals surface area (Å²) >= 11 is 0. The third kappa shape index (κ3) is 1.98. The van der Waals surface area contributed by atoms with E-state index in [1.807, 2.05) is 0 Å². The van der Waals surface area contributed by atoms with Crippen LogP contribution in [0.2, 0.25) is 0 Å². The first kappa shape index (κ1) is 10.1. The van der Waals surface area contributed by atoms with Crippen molar-refractivity contribution in [1.29, 1.82) is 0 Å². The van der Waals surface area contributed by atoms with Gasteiger partial charge in [-0.05, 0) is 18.8 Å². The van der Waals surface area contributed by atoms with Gasteiger partial charge in [0.05, 0.1) is 6.10 Å². The standard InChI is InChI=1S/C11H19NO2/c1-8-5-12(7-11(8)14)6-9-3-2-4-10(9)13/h8-9,11,14H,2-7H2,1H3. The zero-order chi connectivity index (χ0) is 10.1. The average Bonchev–Trinajstić information content (AvgIpc) is 2.63. The van der Waals surface area contributed by atoms with Crippen LogP contribution in [0.3, 0.4) is 0 Å². The van der Waals surface area contributed by atoms with Crippen LogP contribution in [0, 0.1) is 11.8 Å². The molecule has 1 saturated heterocycles. The van der Waals surface area contributed by atoms with Crippen LogP contribution in [0.5, 0.6) is 0 Å². The number of aliphatic hydroxyl groups is 1. The summed E-state index contributed by atoms with van der Waals surface area (Å²) in [5.74, 6) is 1.05. The average molecular weight is 197 g/mol. The van der Waals surface area contributed by atoms with Crippen LogP contribution in [0.15, 0.2) is 0 Å². The number of Topliss-reactive ketones (excluding diaryl/α,β-unsaturated/α-hetero) is 1. The van der Waals surface area contributed by atoms with Crippen LogP contribution in [0.4, 0.5) is 0 Å². The van der Waals surface area contributed by atoms with Crippen LogP contribution >= 0.6 is 0 Å². The second-order valence-corrected chi connectivity index (χ2v) is 4.82. The molecule has 2 aliphatic rings. The number of rotatable bonds is 2. The van der Waals surface area contributed by atoms with Crippen LogP contribution in [0.25, 0.3) is 0 Å². The number of β-amino-alcohol motifs (C(OH)–C–C–N with tert-alkyl or cyclic N) is 1. The normalized spacial score (nSPS) is 39.6. The summed E-state index contributed by atoms with van der Waals surface area (Å²) in [5, 5.41) is 9.58. The van der Waals surface area contributed by atoms with E-state index >= 15 is 0 Å². The van der Waals surface area contributed by atoms with Crippen LogP contribution in [-0.2, 0) is 4.79 Å². The maximum Gasteiger partial charge on any atom is 0.137 e. The monoisotopic (exact) mass is 197 g/mol. The number of carbonyl (C=O) groups is 1. The maximum atomic E-state index is 11.4. The molecule has 3 atom stereocenters. The maximum absolute atomic E-state index is 11.4. The lowest BCUT2D eigenvalue weighted by Gasteiger charge is -2.18. The number of aliphatic hydroxyl groups excluding tert-OH is 1. The quantitative estimate of drug-likeness (QED) is 0.707. The predicted molar refractivity (Wildman–Crippen MR) is 54.0 cm³/mol. The third-order valence-corrected chi connectivity index (χ3v) is 3.56. The molecule has 0 aromatic heterocycles. The summed E-state index contributed by atoms with van der Waals surface area (Å²) in [5.41, 5.74) is 0. The highest BCUT2D eigenvalue weighted by molar-refractivity contribution is 5.83. The first-order valence-electron chi connectivity index (χ1n) is 5.60. The molecule has 0 amide bonds. The molecule has 1 aliphatic heterocycles. The van der Waals surface area contributed by atoms with E-state index in [0.29, 0.717) is 11.7 Å². The van der Waals surface area contributed by atoms with Crippen LogP contribution in [0.1, 0.15) is 26.2 Å². The van der Waals surface area contributed by atoms with Crippen LogP contribution in [-0.4, -0.2) is 41.5 Å². The molecule has 3 unspecified atom stereocenters. The highest BCUT2D eigenvalue weighted by atomic mass is 16.3. The summed E-state index contributed by atoms with van der Waals surface area (Å²) in [6.45, 7) is 4.65. The highest BCUT2D eigenvalue weighted by Gasteiger charge is 2.32. The highest BCUT2D eigenvalue weighted by Crippen LogP contribution is 2.25. The fraction of sp³-hybridized carbons (Fsp3) is 0.909. The number of likely N-dealkylation sites (tertiary alicyclic amines) is 1. The van der Waals surface area contributed by atoms with E-state index in [9.17, 15) is 9.90 Å². The van der Waals surface area contributed by atoms with E-state index in [2.05, 4.69) is 11.8 Å². The fourth-order valence-corrected chi connectivity index (χ4v) is 2.59. The second kappa shape index (κ2) is 3.99. The van der Waals surface area contributed by atoms with Crippen molar-refractivity contribution >= 4 is 5.78 Å². The number of hydrogen-bond acceptors (Lipinski definition) is 3. The minimum Gasteiger partial charge on any atom is -0.391 e. The topological polar surface area (TPSA) is 40.5 Å². The molecule has 2 fully saturated rings. The summed E-state index contributed by atoms with van der Waals surface area (Å²) in [4.78, 5) is 13.7. The van der Waals surface area contributed by atoms with Gasteiger partial charge in [-0.15, -0.1) is 0 Å². The number of carbonyl (C=O) groups excluding carboxylic acids is 1. The van der Waals surface area contributed by atoms with Gasteiger partial charge in [0.15, 0.2) is 0 Å². The van der Waals surface area contributed by atoms with E-state index in [1.165, 1.54) is 0 Å². The predicted octanol–water partition coefficient (Wildman–Crippen LogP) is 0.668. The summed E-state index contributed by atoms with van der Waals surface area (Å²) in [6, 6.07) is 0. The largest absolute Gasteiger partial charge is 0.391 e. The molecule has 2 rings (SSSR count). The van der Waals surface area contributed by atoms with Crippen molar-refractivity contribution in [2.24, 2.45) is 11.8 Å². The van der Waals surface area contributed by atoms with Crippen molar-refractivity contribution in [3.8, 4) is 0 Å². The second-order valence-electron chi connectivity index (χ2n) is 4.82. The van der Waals surface area contributed by atoms with Crippen molar-refractivity contribution in [3.05, 3.63) is 0 Å². The molecule has 1 heterocycles. The number of nitrogens with zero attached hydrogens (tertiary/aromatic N) is 1. The van der Waals surface area contributed by atoms with Gasteiger partial charge in [0.2, 0.25) is 0 Å². The van der Waals surface area contributed by atoms with Crippen molar-refractivity contribution in [2.45, 2.75) is 32.3 Å². The van der Waals surface area contributed by atoms with Gasteiger partial charge < -0.3 is 5.11 Å². The summed E-state index contributed by atoms with van der Waals surface area (Å²) in [6.07, 6.45) is 2.71. The van der Waals surface area contributed by atoms with Gasteiger partial charge in [0.1, 0.15) is 5.78 Å². The Balaban J connectivity index is 1.84. The zero-order valence-electron chi connectivity index (χ0n) is 8.78. The summed E-state index contributed by atoms with van der Waals surface area (Å²) < 4.78 is 0. The Hall–Kier alpha value is -0.410. The van der Waals surface area contributed by atoms with Gasteiger partial charge in [-0.2, -0.15) is 0 Å². The Bertz CT molecular complexity index is 219. The van der Waals surface area contributed by atoms with Gasteiger partial charge in [-0.1, -0.05) is 6.92 Å². The molecule has 14 heavy (non-hydrogen) atoms. The number of hydrogen-bond donors (Lipinski definition) is 1. The number of ketones is 1. The van der Waals surface area contributed by atoms with Crippen LogP contribution < -0.4 is 0 Å². The van der Waals surface area contributed by atoms with E-state index < -0.39 is 0 Å². The lowest BCUT2D eigenvalue weighted by molar-refractivity contribution is -0.121. The van der Waals surface area contributed by atoms with Crippen molar-refractivity contribution in [1.82, 2.24) is 4.90 Å². The Morgan fingerprint density at radius 3 is 2.79 bits per heavy atom. The molecule has 0 bridgehead atoms. The molecule has 1 aliphatic carbocycles. The Morgan fingerprint density at radius 2 is 2.29 bits per heavy atom. The molecule has 80 valence electrons. The van der Waals surface area contributed by atoms with Gasteiger partial charge in [0, 0.05) is 32.0 Å². The molecule has 1 N–H and O–H groups in total. The first-order valence-corrected chi connectivity index (χ1v) is 5.60. The van der Waals surface area contributed by atoms with E-state index in [0.717, 1.165) is 38.9 Å². The van der Waals surface area contributed by atoms with Gasteiger partial charge in [-0.3, -0.25) is 9.69 Å². The molecular weight excluding hydrogens is 178 g/mol. The molecular formula is C11H19NO2. The zero-order valence-corrected chi connectivity index (χ0v) is 8.78. The molecule has 3 heteroatoms. The van der Waals surface area contributed by atoms with Crippen molar-refractivity contribution in [2.75, 3.05) is 19.6 Å². The minimum atomic E-state index is -0.188. The Morgan fingerprint density at radius 1 is 1.50 bits per heavy atom. The summed E-state index contributed by atoms with van der Waals surface area (Å²) in [7, 11) is 0. The lowest BCUT2D eigenvalue weighted by atomic mass is 10.1. The smallest absolute Gasteiger partial charge is 0.137 e. The SMILES string of the molecule is CC1CN(CC2CCCC2=O)CC1O. The molecule has 0 aromatic rings. The third-order valence-electron chi connectivity index (χ3n) is 3.56. The minimum absolute atomic E-state index is 0.188. The van der Waals surface area contributed by atoms with Gasteiger partial charge in [-0.25, -0.2) is 0 Å². The Labute approximate surface area is 85.1 Å². The molecule has 0 spiro atoms. The fourth-order valence-electron chi connectivity index (χ4n) is 2.59. The molecule has 0 aromatic carbocycles. The van der Waals surface area contributed by atoms with E-state index in [4.69, 9.17) is 0 Å². The van der Waals surface area contributed by atoms with Gasteiger partial charge in [0.25, 0.3) is 0 Å². The molecule has 1 saturated carbocycles. The molecule has 0 radical (unpaired) electrons. The molecule has 3 nitrogen and oxygen atoms in total.